The van der Waals surface area contributed by atoms with Crippen LogP contribution in [0, 0.1) is 5.82 Å². The number of rotatable bonds is 3. The predicted octanol–water partition coefficient (Wildman–Crippen LogP) is 2.71. The van der Waals surface area contributed by atoms with E-state index in [0.29, 0.717) is 0 Å². The van der Waals surface area contributed by atoms with Crippen LogP contribution in [0.4, 0.5) is 10.1 Å². The maximum absolute atomic E-state index is 13.9. The first-order valence-electron chi connectivity index (χ1n) is 5.70. The summed E-state index contributed by atoms with van der Waals surface area (Å²) in [5.74, 6) is -0.0799. The Kier molecular flexibility index (Phi) is 2.89. The third-order valence-electron chi connectivity index (χ3n) is 3.40. The molecule has 0 amide bonds. The van der Waals surface area contributed by atoms with Crippen molar-refractivity contribution in [1.29, 1.82) is 0 Å². The lowest BCUT2D eigenvalue weighted by Gasteiger charge is -2.26. The molecule has 0 bridgehead atoms. The summed E-state index contributed by atoms with van der Waals surface area (Å²) in [6.45, 7) is 3.95. The SMILES string of the molecule is CN(C)CCC1(C)CNc2cccc(F)c21.[HH]. The number of hydrogen-bond donors (Lipinski definition) is 1. The van der Waals surface area contributed by atoms with Crippen molar-refractivity contribution < 1.29 is 5.82 Å². The Labute approximate surface area is 97.9 Å². The van der Waals surface area contributed by atoms with Crippen LogP contribution < -0.4 is 5.32 Å². The van der Waals surface area contributed by atoms with E-state index in [2.05, 4.69) is 17.1 Å². The standard InChI is InChI=1S/C13H19FN2.H2/c1-13(7-8-16(2)3)9-15-11-6-4-5-10(14)12(11)13;/h4-6,15H,7-9H2,1-3H3;1H. The van der Waals surface area contributed by atoms with Crippen LogP contribution in [0.25, 0.3) is 0 Å². The first-order chi connectivity index (χ1) is 7.53. The van der Waals surface area contributed by atoms with Gasteiger partial charge in [-0.05, 0) is 39.2 Å². The summed E-state index contributed by atoms with van der Waals surface area (Å²) in [7, 11) is 4.10. The van der Waals surface area contributed by atoms with Gasteiger partial charge in [0.15, 0.2) is 0 Å². The van der Waals surface area contributed by atoms with E-state index in [4.69, 9.17) is 0 Å². The van der Waals surface area contributed by atoms with Crippen molar-refractivity contribution in [3.05, 3.63) is 29.6 Å². The third kappa shape index (κ3) is 1.92. The Balaban J connectivity index is 0.00000144. The second-order valence-electron chi connectivity index (χ2n) is 5.13. The van der Waals surface area contributed by atoms with Gasteiger partial charge in [-0.15, -0.1) is 0 Å². The molecule has 1 aromatic carbocycles. The Morgan fingerprint density at radius 3 is 2.94 bits per heavy atom. The molecule has 0 aromatic heterocycles. The first-order valence-corrected chi connectivity index (χ1v) is 5.70. The average molecular weight is 224 g/mol. The molecule has 90 valence electrons. The number of nitrogens with zero attached hydrogens (tertiary/aromatic N) is 1. The van der Waals surface area contributed by atoms with Crippen LogP contribution in [0.15, 0.2) is 18.2 Å². The van der Waals surface area contributed by atoms with Crippen molar-refractivity contribution in [1.82, 2.24) is 4.90 Å². The smallest absolute Gasteiger partial charge is 0.129 e. The van der Waals surface area contributed by atoms with Crippen LogP contribution in [0.5, 0.6) is 0 Å². The highest BCUT2D eigenvalue weighted by Gasteiger charge is 2.36. The Bertz CT molecular complexity index is 395. The van der Waals surface area contributed by atoms with Crippen molar-refractivity contribution in [3.63, 3.8) is 0 Å². The van der Waals surface area contributed by atoms with Crippen LogP contribution in [0.1, 0.15) is 20.3 Å². The molecule has 1 N–H and O–H groups in total. The minimum absolute atomic E-state index is 0. The molecule has 2 nitrogen and oxygen atoms in total. The summed E-state index contributed by atoms with van der Waals surface area (Å²) in [5, 5.41) is 3.30. The highest BCUT2D eigenvalue weighted by atomic mass is 19.1. The van der Waals surface area contributed by atoms with Gasteiger partial charge in [0.2, 0.25) is 0 Å². The predicted molar refractivity (Wildman–Crippen MR) is 67.5 cm³/mol. The van der Waals surface area contributed by atoms with E-state index in [1.807, 2.05) is 20.2 Å². The summed E-state index contributed by atoms with van der Waals surface area (Å²) >= 11 is 0. The Morgan fingerprint density at radius 1 is 1.50 bits per heavy atom. The van der Waals surface area contributed by atoms with Gasteiger partial charge in [-0.25, -0.2) is 4.39 Å². The van der Waals surface area contributed by atoms with Crippen molar-refractivity contribution in [2.24, 2.45) is 0 Å². The zero-order valence-electron chi connectivity index (χ0n) is 10.2. The lowest BCUT2D eigenvalue weighted by atomic mass is 9.81. The fraction of sp³-hybridized carbons (Fsp3) is 0.538. The Morgan fingerprint density at radius 2 is 2.25 bits per heavy atom. The van der Waals surface area contributed by atoms with Gasteiger partial charge in [0.25, 0.3) is 0 Å². The molecule has 0 saturated heterocycles. The molecule has 0 saturated carbocycles. The molecule has 2 rings (SSSR count). The summed E-state index contributed by atoms with van der Waals surface area (Å²) < 4.78 is 13.9. The quantitative estimate of drug-likeness (QED) is 0.849. The average Bonchev–Trinajstić information content (AvgIpc) is 2.56. The molecule has 1 aliphatic heterocycles. The van der Waals surface area contributed by atoms with E-state index in [1.54, 1.807) is 12.1 Å². The molecule has 1 aliphatic rings. The number of fused-ring (bicyclic) bond motifs is 1. The Hall–Kier alpha value is -1.09. The summed E-state index contributed by atoms with van der Waals surface area (Å²) in [6.07, 6.45) is 0.973. The second kappa shape index (κ2) is 4.06. The molecule has 16 heavy (non-hydrogen) atoms. The molecule has 1 aromatic rings. The van der Waals surface area contributed by atoms with Gasteiger partial charge in [0.05, 0.1) is 0 Å². The van der Waals surface area contributed by atoms with Gasteiger partial charge in [-0.1, -0.05) is 13.0 Å². The maximum atomic E-state index is 13.9. The fourth-order valence-electron chi connectivity index (χ4n) is 2.35. The minimum Gasteiger partial charge on any atom is -0.384 e. The van der Waals surface area contributed by atoms with Crippen molar-refractivity contribution in [2.45, 2.75) is 18.8 Å². The van der Waals surface area contributed by atoms with Gasteiger partial charge in [0, 0.05) is 24.6 Å². The number of benzene rings is 1. The van der Waals surface area contributed by atoms with Crippen molar-refractivity contribution in [3.8, 4) is 0 Å². The molecular formula is C13H21FN2. The van der Waals surface area contributed by atoms with Crippen molar-refractivity contribution in [2.75, 3.05) is 32.5 Å². The molecule has 3 heteroatoms. The molecule has 0 fully saturated rings. The van der Waals surface area contributed by atoms with Gasteiger partial charge in [-0.2, -0.15) is 0 Å². The van der Waals surface area contributed by atoms with Gasteiger partial charge in [0.1, 0.15) is 5.82 Å². The molecule has 1 atom stereocenters. The third-order valence-corrected chi connectivity index (χ3v) is 3.40. The van der Waals surface area contributed by atoms with Crippen LogP contribution in [-0.4, -0.2) is 32.1 Å². The highest BCUT2D eigenvalue weighted by Crippen LogP contribution is 2.40. The topological polar surface area (TPSA) is 15.3 Å². The zero-order chi connectivity index (χ0) is 11.8. The molecule has 1 heterocycles. The second-order valence-corrected chi connectivity index (χ2v) is 5.13. The van der Waals surface area contributed by atoms with E-state index in [-0.39, 0.29) is 12.7 Å². The molecule has 1 unspecified atom stereocenters. The number of nitrogens with one attached hydrogen (secondary N) is 1. The van der Waals surface area contributed by atoms with Crippen LogP contribution in [0.3, 0.4) is 0 Å². The van der Waals surface area contributed by atoms with E-state index < -0.39 is 0 Å². The molecule has 0 aliphatic carbocycles. The largest absolute Gasteiger partial charge is 0.384 e. The van der Waals surface area contributed by atoms with Crippen molar-refractivity contribution >= 4 is 5.69 Å². The van der Waals surface area contributed by atoms with Gasteiger partial charge >= 0.3 is 0 Å². The zero-order valence-corrected chi connectivity index (χ0v) is 10.2. The number of hydrogen-bond acceptors (Lipinski definition) is 2. The van der Waals surface area contributed by atoms with Gasteiger partial charge < -0.3 is 10.2 Å². The number of halogens is 1. The molecule has 0 radical (unpaired) electrons. The monoisotopic (exact) mass is 224 g/mol. The molecule has 0 spiro atoms. The summed E-state index contributed by atoms with van der Waals surface area (Å²) in [5.41, 5.74) is 1.74. The maximum Gasteiger partial charge on any atom is 0.129 e. The van der Waals surface area contributed by atoms with E-state index in [9.17, 15) is 4.39 Å². The van der Waals surface area contributed by atoms with E-state index in [1.165, 1.54) is 0 Å². The lowest BCUT2D eigenvalue weighted by molar-refractivity contribution is 0.337. The summed E-state index contributed by atoms with van der Waals surface area (Å²) in [4.78, 5) is 2.14. The molecular weight excluding hydrogens is 203 g/mol. The lowest BCUT2D eigenvalue weighted by Crippen LogP contribution is -2.30. The normalized spacial score (nSPS) is 23.3. The minimum atomic E-state index is -0.0799. The summed E-state index contributed by atoms with van der Waals surface area (Å²) in [6, 6.07) is 5.28. The number of anilines is 1. The van der Waals surface area contributed by atoms with E-state index >= 15 is 0 Å². The van der Waals surface area contributed by atoms with Crippen LogP contribution in [-0.2, 0) is 5.41 Å². The van der Waals surface area contributed by atoms with E-state index in [0.717, 1.165) is 30.8 Å². The van der Waals surface area contributed by atoms with Crippen LogP contribution >= 0.6 is 0 Å². The fourth-order valence-corrected chi connectivity index (χ4v) is 2.35. The van der Waals surface area contributed by atoms with Gasteiger partial charge in [-0.3, -0.25) is 0 Å². The highest BCUT2D eigenvalue weighted by molar-refractivity contribution is 5.60. The first kappa shape index (κ1) is 11.4. The van der Waals surface area contributed by atoms with Crippen LogP contribution in [0.2, 0.25) is 0 Å².